The van der Waals surface area contributed by atoms with E-state index >= 15 is 0 Å². The first kappa shape index (κ1) is 18.5. The van der Waals surface area contributed by atoms with Gasteiger partial charge in [-0.3, -0.25) is 24.6 Å². The highest BCUT2D eigenvalue weighted by Crippen LogP contribution is 2.21. The Labute approximate surface area is 151 Å². The highest BCUT2D eigenvalue weighted by atomic mass is 79.9. The fourth-order valence-electron chi connectivity index (χ4n) is 1.99. The molecule has 25 heavy (non-hydrogen) atoms. The number of pyridine rings is 1. The van der Waals surface area contributed by atoms with E-state index in [0.717, 1.165) is 0 Å². The Kier molecular flexibility index (Phi) is 5.75. The number of hydrogen-bond donors (Lipinski definition) is 3. The number of anilines is 1. The average molecular weight is 410 g/mol. The van der Waals surface area contributed by atoms with Crippen LogP contribution < -0.4 is 15.6 Å². The molecule has 2 heterocycles. The van der Waals surface area contributed by atoms with Gasteiger partial charge in [0.05, 0.1) is 4.47 Å². The number of amides is 3. The summed E-state index contributed by atoms with van der Waals surface area (Å²) < 4.78 is 1.70. The van der Waals surface area contributed by atoms with Crippen LogP contribution in [0.25, 0.3) is 0 Å². The van der Waals surface area contributed by atoms with Crippen molar-refractivity contribution in [1.29, 1.82) is 0 Å². The van der Waals surface area contributed by atoms with Crippen LogP contribution >= 0.6 is 15.9 Å². The first-order valence-electron chi connectivity index (χ1n) is 7.17. The lowest BCUT2D eigenvalue weighted by atomic mass is 10.3. The topological polar surface area (TPSA) is 117 Å². The third kappa shape index (κ3) is 4.35. The zero-order valence-corrected chi connectivity index (χ0v) is 15.0. The molecule has 3 amide bonds. The van der Waals surface area contributed by atoms with Gasteiger partial charge in [0, 0.05) is 19.4 Å². The third-order valence-corrected chi connectivity index (χ3v) is 3.94. The predicted molar refractivity (Wildman–Crippen MR) is 94.1 cm³/mol. The van der Waals surface area contributed by atoms with Gasteiger partial charge in [-0.25, -0.2) is 9.78 Å². The molecule has 0 saturated carbocycles. The number of nitrogens with one attached hydrogen (secondary N) is 2. The Balaban J connectivity index is 2.22. The molecule has 0 aromatic carbocycles. The summed E-state index contributed by atoms with van der Waals surface area (Å²) in [6.07, 6.45) is 1.73. The number of carboxylic acid groups (broad SMARTS) is 1. The molecular weight excluding hydrogens is 394 g/mol. The molecular formula is C15H16BrN5O4. The van der Waals surface area contributed by atoms with E-state index in [9.17, 15) is 14.4 Å². The van der Waals surface area contributed by atoms with Crippen LogP contribution in [0.2, 0.25) is 0 Å². The van der Waals surface area contributed by atoms with Crippen molar-refractivity contribution in [1.82, 2.24) is 15.0 Å². The lowest BCUT2D eigenvalue weighted by Gasteiger charge is -2.19. The van der Waals surface area contributed by atoms with Gasteiger partial charge in [0.2, 0.25) is 0 Å². The Bertz CT molecular complexity index is 792. The summed E-state index contributed by atoms with van der Waals surface area (Å²) in [6, 6.07) is 5.76. The number of rotatable bonds is 5. The maximum atomic E-state index is 12.8. The first-order chi connectivity index (χ1) is 11.8. The van der Waals surface area contributed by atoms with Crippen LogP contribution in [-0.2, 0) is 4.79 Å². The van der Waals surface area contributed by atoms with Gasteiger partial charge < -0.3 is 10.4 Å². The van der Waals surface area contributed by atoms with E-state index < -0.39 is 23.9 Å². The Morgan fingerprint density at radius 1 is 1.32 bits per heavy atom. The first-order valence-corrected chi connectivity index (χ1v) is 7.96. The summed E-state index contributed by atoms with van der Waals surface area (Å²) in [6.45, 7) is 1.39. The van der Waals surface area contributed by atoms with Crippen LogP contribution in [0, 0.1) is 0 Å². The molecule has 0 bridgehead atoms. The summed E-state index contributed by atoms with van der Waals surface area (Å²) >= 11 is 3.28. The molecule has 0 fully saturated rings. The molecule has 0 aliphatic heterocycles. The van der Waals surface area contributed by atoms with Crippen LogP contribution in [0.1, 0.15) is 17.4 Å². The van der Waals surface area contributed by atoms with Gasteiger partial charge in [0.1, 0.15) is 17.6 Å². The minimum atomic E-state index is -1.32. The van der Waals surface area contributed by atoms with E-state index in [1.165, 1.54) is 22.7 Å². The number of carbonyl (C=O) groups excluding carboxylic acids is 2. The molecule has 10 heteroatoms. The highest BCUT2D eigenvalue weighted by molar-refractivity contribution is 9.10. The average Bonchev–Trinajstić information content (AvgIpc) is 2.94. The van der Waals surface area contributed by atoms with E-state index in [1.807, 2.05) is 5.32 Å². The fourth-order valence-corrected chi connectivity index (χ4v) is 2.47. The summed E-state index contributed by atoms with van der Waals surface area (Å²) in [4.78, 5) is 40.9. The van der Waals surface area contributed by atoms with Crippen LogP contribution in [0.15, 0.2) is 41.1 Å². The molecule has 2 aromatic rings. The second kappa shape index (κ2) is 7.79. The lowest BCUT2D eigenvalue weighted by molar-refractivity contribution is -0.118. The standard InChI is InChI=1S/C15H16BrN5O4/c1-9(18-15(24)25)13(22)19-21-8-6-10(16)12(21)14(23)20(2)11-5-3-4-7-17-11/h3-9,18H,1-2H3,(H,19,22)(H,24,25). The van der Waals surface area contributed by atoms with Crippen molar-refractivity contribution in [2.24, 2.45) is 0 Å². The third-order valence-electron chi connectivity index (χ3n) is 3.30. The van der Waals surface area contributed by atoms with Crippen molar-refractivity contribution in [2.45, 2.75) is 13.0 Å². The molecule has 1 atom stereocenters. The van der Waals surface area contributed by atoms with Gasteiger partial charge in [0.25, 0.3) is 11.8 Å². The molecule has 2 aromatic heterocycles. The van der Waals surface area contributed by atoms with E-state index in [1.54, 1.807) is 37.5 Å². The van der Waals surface area contributed by atoms with Gasteiger partial charge in [-0.2, -0.15) is 0 Å². The molecule has 1 unspecified atom stereocenters. The van der Waals surface area contributed by atoms with E-state index in [-0.39, 0.29) is 5.69 Å². The number of hydrogen-bond acceptors (Lipinski definition) is 4. The van der Waals surface area contributed by atoms with Gasteiger partial charge in [-0.1, -0.05) is 6.07 Å². The Morgan fingerprint density at radius 3 is 2.64 bits per heavy atom. The largest absolute Gasteiger partial charge is 0.465 e. The second-order valence-corrected chi connectivity index (χ2v) is 5.94. The van der Waals surface area contributed by atoms with Crippen LogP contribution in [0.5, 0.6) is 0 Å². The molecule has 0 radical (unpaired) electrons. The monoisotopic (exact) mass is 409 g/mol. The zero-order chi connectivity index (χ0) is 18.6. The van der Waals surface area contributed by atoms with Gasteiger partial charge in [0.15, 0.2) is 0 Å². The summed E-state index contributed by atoms with van der Waals surface area (Å²) in [5.41, 5.74) is 2.65. The summed E-state index contributed by atoms with van der Waals surface area (Å²) in [5, 5.41) is 10.7. The van der Waals surface area contributed by atoms with Crippen molar-refractivity contribution in [2.75, 3.05) is 17.4 Å². The molecule has 0 aliphatic carbocycles. The molecule has 0 aliphatic rings. The van der Waals surface area contributed by atoms with Gasteiger partial charge in [-0.05, 0) is 41.1 Å². The van der Waals surface area contributed by atoms with Crippen LogP contribution in [-0.4, -0.2) is 45.8 Å². The van der Waals surface area contributed by atoms with E-state index in [4.69, 9.17) is 5.11 Å². The molecule has 132 valence electrons. The second-order valence-electron chi connectivity index (χ2n) is 5.08. The Morgan fingerprint density at radius 2 is 2.04 bits per heavy atom. The molecule has 2 rings (SSSR count). The maximum absolute atomic E-state index is 12.8. The van der Waals surface area contributed by atoms with Crippen molar-refractivity contribution in [3.05, 3.63) is 46.8 Å². The fraction of sp³-hybridized carbons (Fsp3) is 0.200. The smallest absolute Gasteiger partial charge is 0.405 e. The van der Waals surface area contributed by atoms with Crippen LogP contribution in [0.4, 0.5) is 10.6 Å². The highest BCUT2D eigenvalue weighted by Gasteiger charge is 2.23. The minimum absolute atomic E-state index is 0.170. The van der Waals surface area contributed by atoms with Crippen LogP contribution in [0.3, 0.4) is 0 Å². The summed E-state index contributed by atoms with van der Waals surface area (Å²) in [5.74, 6) is -0.575. The number of aromatic nitrogens is 2. The van der Waals surface area contributed by atoms with Crippen molar-refractivity contribution < 1.29 is 19.5 Å². The maximum Gasteiger partial charge on any atom is 0.405 e. The predicted octanol–water partition coefficient (Wildman–Crippen LogP) is 1.65. The van der Waals surface area contributed by atoms with Crippen molar-refractivity contribution in [3.8, 4) is 0 Å². The molecule has 9 nitrogen and oxygen atoms in total. The molecule has 0 spiro atoms. The molecule has 0 saturated heterocycles. The lowest BCUT2D eigenvalue weighted by Crippen LogP contribution is -2.44. The van der Waals surface area contributed by atoms with E-state index in [0.29, 0.717) is 10.3 Å². The van der Waals surface area contributed by atoms with Crippen molar-refractivity contribution >= 4 is 39.7 Å². The van der Waals surface area contributed by atoms with E-state index in [2.05, 4.69) is 26.3 Å². The Hall–Kier alpha value is -2.88. The molecule has 3 N–H and O–H groups in total. The number of nitrogens with zero attached hydrogens (tertiary/aromatic N) is 3. The van der Waals surface area contributed by atoms with Gasteiger partial charge >= 0.3 is 6.09 Å². The number of carbonyl (C=O) groups is 3. The van der Waals surface area contributed by atoms with Gasteiger partial charge in [-0.15, -0.1) is 0 Å². The quantitative estimate of drug-likeness (QED) is 0.693. The minimum Gasteiger partial charge on any atom is -0.465 e. The zero-order valence-electron chi connectivity index (χ0n) is 13.4. The normalized spacial score (nSPS) is 11.5. The van der Waals surface area contributed by atoms with Crippen molar-refractivity contribution in [3.63, 3.8) is 0 Å². The summed E-state index contributed by atoms with van der Waals surface area (Å²) in [7, 11) is 1.56. The number of halogens is 1. The SMILES string of the molecule is CC(NC(=O)O)C(=O)Nn1ccc(Br)c1C(=O)N(C)c1ccccn1.